The fraction of sp³-hybridized carbons (Fsp3) is 0.333. The Morgan fingerprint density at radius 2 is 1.71 bits per heavy atom. The number of rotatable bonds is 12. The number of carbonyl (C=O) groups excluding carboxylic acids is 2. The summed E-state index contributed by atoms with van der Waals surface area (Å²) in [6.07, 6.45) is 1.29. The third kappa shape index (κ3) is 7.36. The fourth-order valence-electron chi connectivity index (χ4n) is 4.45. The molecular weight excluding hydrogens is 551 g/mol. The maximum Gasteiger partial charge on any atom is 0.407 e. The minimum absolute atomic E-state index is 0.00425. The largest absolute Gasteiger partial charge is 0.470 e. The van der Waals surface area contributed by atoms with E-state index in [0.29, 0.717) is 11.4 Å². The van der Waals surface area contributed by atoms with Crippen molar-refractivity contribution in [1.82, 2.24) is 25.0 Å². The third-order valence-electron chi connectivity index (χ3n) is 6.62. The van der Waals surface area contributed by atoms with Crippen LogP contribution in [0.3, 0.4) is 0 Å². The number of nitrogens with zero attached hydrogens (tertiary/aromatic N) is 3. The number of carbonyl (C=O) groups is 2. The van der Waals surface area contributed by atoms with Crippen LogP contribution in [0.15, 0.2) is 54.7 Å². The Morgan fingerprint density at radius 3 is 2.40 bits per heavy atom. The van der Waals surface area contributed by atoms with E-state index in [1.54, 1.807) is 27.0 Å². The van der Waals surface area contributed by atoms with Crippen LogP contribution in [0.5, 0.6) is 5.88 Å². The molecule has 0 saturated carbocycles. The highest BCUT2D eigenvalue weighted by Gasteiger charge is 2.29. The number of imidazole rings is 1. The number of aromatic nitrogens is 3. The van der Waals surface area contributed by atoms with Crippen LogP contribution in [-0.4, -0.2) is 45.1 Å². The average molecular weight is 584 g/mol. The monoisotopic (exact) mass is 583 g/mol. The Labute approximate surface area is 241 Å². The second-order valence-corrected chi connectivity index (χ2v) is 10.1. The van der Waals surface area contributed by atoms with E-state index < -0.39 is 42.5 Å². The minimum Gasteiger partial charge on any atom is -0.470 e. The molecule has 0 spiro atoms. The van der Waals surface area contributed by atoms with Crippen LogP contribution in [0.25, 0.3) is 5.65 Å². The topological polar surface area (TPSA) is 107 Å². The molecule has 2 N–H and O–H groups in total. The van der Waals surface area contributed by atoms with E-state index in [0.717, 1.165) is 17.7 Å². The molecule has 0 aliphatic rings. The Bertz CT molecular complexity index is 1540. The van der Waals surface area contributed by atoms with Crippen molar-refractivity contribution >= 4 is 17.6 Å². The van der Waals surface area contributed by atoms with Gasteiger partial charge in [-0.15, -0.1) is 0 Å². The van der Waals surface area contributed by atoms with Crippen molar-refractivity contribution in [1.29, 1.82) is 0 Å². The fourth-order valence-corrected chi connectivity index (χ4v) is 4.45. The lowest BCUT2D eigenvalue weighted by Gasteiger charge is -2.30. The lowest BCUT2D eigenvalue weighted by atomic mass is 9.96. The molecule has 2 heterocycles. The van der Waals surface area contributed by atoms with Gasteiger partial charge in [-0.05, 0) is 51.3 Å². The quantitative estimate of drug-likeness (QED) is 0.232. The standard InChI is InChI=1S/C30H32F3N5O4/c1-19-15-38-25(20(2)36-26(38)28(35-19)41-17-22-23(32)11-7-12-24(22)33)27(39)34-18-30(3,13-8-14-31)37-29(40)42-16-21-9-5-4-6-10-21/h4-7,9-12,15H,8,13-14,16-18H2,1-3H3,(H,34,39)(H,37,40). The molecular formula is C30H32F3N5O4. The zero-order valence-electron chi connectivity index (χ0n) is 23.5. The summed E-state index contributed by atoms with van der Waals surface area (Å²) >= 11 is 0. The SMILES string of the molecule is Cc1cn2c(C(=O)NCC(C)(CCCF)NC(=O)OCc3ccccc3)c(C)nc2c(OCc2c(F)cccc2F)n1. The van der Waals surface area contributed by atoms with Crippen LogP contribution in [0, 0.1) is 25.5 Å². The molecule has 0 fully saturated rings. The summed E-state index contributed by atoms with van der Waals surface area (Å²) in [4.78, 5) is 34.7. The highest BCUT2D eigenvalue weighted by Crippen LogP contribution is 2.24. The Kier molecular flexibility index (Phi) is 9.66. The molecule has 2 aromatic carbocycles. The molecule has 0 aliphatic heterocycles. The molecule has 1 atom stereocenters. The van der Waals surface area contributed by atoms with Gasteiger partial charge >= 0.3 is 6.09 Å². The van der Waals surface area contributed by atoms with Crippen molar-refractivity contribution in [2.24, 2.45) is 0 Å². The number of hydrogen-bond donors (Lipinski definition) is 2. The Hall–Kier alpha value is -4.61. The molecule has 1 unspecified atom stereocenters. The molecule has 0 aliphatic carbocycles. The van der Waals surface area contributed by atoms with E-state index in [2.05, 4.69) is 20.6 Å². The molecule has 9 nitrogen and oxygen atoms in total. The molecule has 42 heavy (non-hydrogen) atoms. The number of alkyl halides is 1. The second-order valence-electron chi connectivity index (χ2n) is 10.1. The number of aryl methyl sites for hydroxylation is 2. The summed E-state index contributed by atoms with van der Waals surface area (Å²) in [5, 5.41) is 5.56. The summed E-state index contributed by atoms with van der Waals surface area (Å²) in [7, 11) is 0. The van der Waals surface area contributed by atoms with Crippen molar-refractivity contribution in [3.05, 3.63) is 94.6 Å². The van der Waals surface area contributed by atoms with Gasteiger partial charge in [-0.1, -0.05) is 36.4 Å². The highest BCUT2D eigenvalue weighted by atomic mass is 19.1. The number of halogens is 3. The maximum absolute atomic E-state index is 14.1. The first-order chi connectivity index (χ1) is 20.1. The van der Waals surface area contributed by atoms with E-state index >= 15 is 0 Å². The molecule has 0 radical (unpaired) electrons. The van der Waals surface area contributed by atoms with Crippen LogP contribution >= 0.6 is 0 Å². The van der Waals surface area contributed by atoms with Crippen molar-refractivity contribution in [3.63, 3.8) is 0 Å². The molecule has 12 heteroatoms. The lowest BCUT2D eigenvalue weighted by Crippen LogP contribution is -2.53. The van der Waals surface area contributed by atoms with Gasteiger partial charge in [-0.25, -0.2) is 23.5 Å². The zero-order valence-corrected chi connectivity index (χ0v) is 23.5. The number of fused-ring (bicyclic) bond motifs is 1. The highest BCUT2D eigenvalue weighted by molar-refractivity contribution is 5.95. The molecule has 0 bridgehead atoms. The second kappa shape index (κ2) is 13.4. The van der Waals surface area contributed by atoms with Crippen LogP contribution in [-0.2, 0) is 18.0 Å². The van der Waals surface area contributed by atoms with Gasteiger partial charge in [0.1, 0.15) is 30.5 Å². The first-order valence-corrected chi connectivity index (χ1v) is 13.4. The van der Waals surface area contributed by atoms with Gasteiger partial charge in [0.15, 0.2) is 0 Å². The van der Waals surface area contributed by atoms with Crippen molar-refractivity contribution in [3.8, 4) is 5.88 Å². The van der Waals surface area contributed by atoms with E-state index in [1.165, 1.54) is 10.5 Å². The maximum atomic E-state index is 14.1. The molecule has 0 saturated heterocycles. The third-order valence-corrected chi connectivity index (χ3v) is 6.62. The van der Waals surface area contributed by atoms with E-state index in [-0.39, 0.29) is 48.8 Å². The van der Waals surface area contributed by atoms with Crippen LogP contribution in [0.4, 0.5) is 18.0 Å². The summed E-state index contributed by atoms with van der Waals surface area (Å²) < 4.78 is 53.7. The molecule has 2 amide bonds. The average Bonchev–Trinajstić information content (AvgIpc) is 3.29. The number of ether oxygens (including phenoxy) is 2. The Morgan fingerprint density at radius 1 is 1.00 bits per heavy atom. The van der Waals surface area contributed by atoms with Gasteiger partial charge in [-0.2, -0.15) is 0 Å². The first-order valence-electron chi connectivity index (χ1n) is 13.4. The summed E-state index contributed by atoms with van der Waals surface area (Å²) in [6, 6.07) is 12.7. The number of alkyl carbamates (subject to hydrolysis) is 1. The molecule has 4 aromatic rings. The number of benzene rings is 2. The molecule has 222 valence electrons. The smallest absolute Gasteiger partial charge is 0.407 e. The lowest BCUT2D eigenvalue weighted by molar-refractivity contribution is 0.0920. The number of hydrogen-bond acceptors (Lipinski definition) is 6. The van der Waals surface area contributed by atoms with Gasteiger partial charge in [-0.3, -0.25) is 13.6 Å². The van der Waals surface area contributed by atoms with Gasteiger partial charge < -0.3 is 20.1 Å². The predicted molar refractivity (Wildman–Crippen MR) is 149 cm³/mol. The number of amides is 2. The van der Waals surface area contributed by atoms with Gasteiger partial charge in [0.25, 0.3) is 11.8 Å². The van der Waals surface area contributed by atoms with E-state index in [1.807, 2.05) is 30.3 Å². The van der Waals surface area contributed by atoms with Crippen LogP contribution in [0.1, 0.15) is 52.8 Å². The minimum atomic E-state index is -1.01. The molecule has 2 aromatic heterocycles. The normalized spacial score (nSPS) is 12.5. The predicted octanol–water partition coefficient (Wildman–Crippen LogP) is 5.37. The summed E-state index contributed by atoms with van der Waals surface area (Å²) in [5.41, 5.74) is 0.708. The molecule has 4 rings (SSSR count). The van der Waals surface area contributed by atoms with Crippen LogP contribution < -0.4 is 15.4 Å². The van der Waals surface area contributed by atoms with Crippen LogP contribution in [0.2, 0.25) is 0 Å². The zero-order chi connectivity index (χ0) is 30.3. The van der Waals surface area contributed by atoms with E-state index in [4.69, 9.17) is 9.47 Å². The van der Waals surface area contributed by atoms with Gasteiger partial charge in [0.05, 0.1) is 29.2 Å². The number of nitrogens with one attached hydrogen (secondary N) is 2. The first kappa shape index (κ1) is 30.4. The van der Waals surface area contributed by atoms with Gasteiger partial charge in [0.2, 0.25) is 5.65 Å². The van der Waals surface area contributed by atoms with Crippen molar-refractivity contribution in [2.45, 2.75) is 52.4 Å². The summed E-state index contributed by atoms with van der Waals surface area (Å²) in [5.74, 6) is -2.03. The Balaban J connectivity index is 1.49. The van der Waals surface area contributed by atoms with E-state index in [9.17, 15) is 22.8 Å². The summed E-state index contributed by atoms with van der Waals surface area (Å²) in [6.45, 7) is 3.99. The van der Waals surface area contributed by atoms with Crippen molar-refractivity contribution in [2.75, 3.05) is 13.2 Å². The van der Waals surface area contributed by atoms with Gasteiger partial charge in [0, 0.05) is 12.7 Å². The van der Waals surface area contributed by atoms with Crippen molar-refractivity contribution < 1.29 is 32.2 Å².